The molecule has 0 spiro atoms. The zero-order valence-electron chi connectivity index (χ0n) is 16.1. The molecule has 30 heavy (non-hydrogen) atoms. The lowest BCUT2D eigenvalue weighted by atomic mass is 10.1. The number of nitrogens with zero attached hydrogens (tertiary/aromatic N) is 5. The molecule has 2 aromatic carbocycles. The Hall–Kier alpha value is -3.27. The van der Waals surface area contributed by atoms with Crippen LogP contribution in [0.25, 0.3) is 0 Å². The van der Waals surface area contributed by atoms with Crippen LogP contribution in [0, 0.1) is 15.9 Å². The molecule has 1 heterocycles. The minimum Gasteiger partial charge on any atom is -0.331 e. The molecule has 0 N–H and O–H groups in total. The largest absolute Gasteiger partial charge is 0.331 e. The lowest BCUT2D eigenvalue weighted by Gasteiger charge is -2.23. The van der Waals surface area contributed by atoms with Gasteiger partial charge in [-0.25, -0.2) is 4.39 Å². The molecule has 0 bridgehead atoms. The molecule has 1 saturated carbocycles. The molecule has 10 heteroatoms. The molecule has 0 saturated heterocycles. The van der Waals surface area contributed by atoms with E-state index in [-0.39, 0.29) is 29.0 Å². The minimum atomic E-state index is -0.503. The molecule has 0 atom stereocenters. The Bertz CT molecular complexity index is 1100. The Kier molecular flexibility index (Phi) is 5.49. The second-order valence-electron chi connectivity index (χ2n) is 7.06. The molecule has 1 aromatic heterocycles. The van der Waals surface area contributed by atoms with Gasteiger partial charge in [0.15, 0.2) is 5.16 Å². The van der Waals surface area contributed by atoms with Gasteiger partial charge < -0.3 is 9.47 Å². The fraction of sp³-hybridized carbons (Fsp3) is 0.250. The maximum Gasteiger partial charge on any atom is 0.284 e. The van der Waals surface area contributed by atoms with Crippen LogP contribution in [0.15, 0.2) is 58.8 Å². The average molecular weight is 427 g/mol. The van der Waals surface area contributed by atoms with Crippen molar-refractivity contribution in [2.45, 2.75) is 35.5 Å². The monoisotopic (exact) mass is 427 g/mol. The predicted octanol–water partition coefficient (Wildman–Crippen LogP) is 3.82. The van der Waals surface area contributed by atoms with E-state index < -0.39 is 4.92 Å². The van der Waals surface area contributed by atoms with E-state index in [1.807, 2.05) is 0 Å². The van der Waals surface area contributed by atoms with Crippen LogP contribution >= 0.6 is 11.8 Å². The number of carbonyl (C=O) groups excluding carboxylic acids is 1. The second-order valence-corrected chi connectivity index (χ2v) is 8.07. The molecule has 154 valence electrons. The van der Waals surface area contributed by atoms with E-state index in [0.29, 0.717) is 16.6 Å². The number of nitro groups is 1. The summed E-state index contributed by atoms with van der Waals surface area (Å²) in [4.78, 5) is 26.4. The summed E-state index contributed by atoms with van der Waals surface area (Å²) in [5.41, 5.74) is 0.894. The van der Waals surface area contributed by atoms with Crippen molar-refractivity contribution in [2.75, 3.05) is 0 Å². The van der Waals surface area contributed by atoms with Crippen LogP contribution in [0.3, 0.4) is 0 Å². The SMILES string of the molecule is Cn1cnnc1Sc1ccc(C(=O)N(Cc2ccc(F)cc2)C2CC2)cc1[N+](=O)[O-]. The number of carbonyl (C=O) groups is 1. The molecule has 1 aliphatic rings. The van der Waals surface area contributed by atoms with Gasteiger partial charge in [-0.05, 0) is 54.4 Å². The summed E-state index contributed by atoms with van der Waals surface area (Å²) in [7, 11) is 1.75. The van der Waals surface area contributed by atoms with Crippen LogP contribution in [0.5, 0.6) is 0 Å². The smallest absolute Gasteiger partial charge is 0.284 e. The Morgan fingerprint density at radius 2 is 2.03 bits per heavy atom. The zero-order valence-corrected chi connectivity index (χ0v) is 16.9. The average Bonchev–Trinajstić information content (AvgIpc) is 3.50. The van der Waals surface area contributed by atoms with Crippen molar-refractivity contribution < 1.29 is 14.1 Å². The molecule has 1 aliphatic carbocycles. The summed E-state index contributed by atoms with van der Waals surface area (Å²) in [5, 5.41) is 19.8. The van der Waals surface area contributed by atoms with Crippen molar-refractivity contribution in [3.63, 3.8) is 0 Å². The minimum absolute atomic E-state index is 0.0919. The van der Waals surface area contributed by atoms with E-state index in [2.05, 4.69) is 10.2 Å². The summed E-state index contributed by atoms with van der Waals surface area (Å²) in [5.74, 6) is -0.616. The van der Waals surface area contributed by atoms with Gasteiger partial charge in [-0.1, -0.05) is 12.1 Å². The lowest BCUT2D eigenvalue weighted by molar-refractivity contribution is -0.387. The number of hydrogen-bond acceptors (Lipinski definition) is 6. The highest BCUT2D eigenvalue weighted by molar-refractivity contribution is 7.99. The molecule has 0 radical (unpaired) electrons. The first kappa shape index (κ1) is 20.0. The number of aryl methyl sites for hydroxylation is 1. The number of nitro benzene ring substituents is 1. The topological polar surface area (TPSA) is 94.2 Å². The number of amides is 1. The molecule has 0 unspecified atom stereocenters. The molecular weight excluding hydrogens is 409 g/mol. The van der Waals surface area contributed by atoms with Crippen molar-refractivity contribution in [3.8, 4) is 0 Å². The molecule has 4 rings (SSSR count). The highest BCUT2D eigenvalue weighted by Crippen LogP contribution is 2.35. The first-order valence-corrected chi connectivity index (χ1v) is 10.1. The van der Waals surface area contributed by atoms with Gasteiger partial charge in [-0.15, -0.1) is 10.2 Å². The number of benzene rings is 2. The van der Waals surface area contributed by atoms with Gasteiger partial charge in [0.05, 0.1) is 9.82 Å². The maximum atomic E-state index is 13.2. The van der Waals surface area contributed by atoms with Crippen LogP contribution in [-0.4, -0.2) is 36.5 Å². The molecule has 3 aromatic rings. The van der Waals surface area contributed by atoms with Crippen molar-refractivity contribution in [2.24, 2.45) is 7.05 Å². The summed E-state index contributed by atoms with van der Waals surface area (Å²) >= 11 is 1.11. The highest BCUT2D eigenvalue weighted by atomic mass is 32.2. The highest BCUT2D eigenvalue weighted by Gasteiger charge is 2.34. The number of hydrogen-bond donors (Lipinski definition) is 0. The van der Waals surface area contributed by atoms with Gasteiger partial charge in [0.2, 0.25) is 0 Å². The quantitative estimate of drug-likeness (QED) is 0.420. The first-order chi connectivity index (χ1) is 14.4. The second kappa shape index (κ2) is 8.23. The summed E-state index contributed by atoms with van der Waals surface area (Å²) in [6.45, 7) is 0.326. The van der Waals surface area contributed by atoms with E-state index in [0.717, 1.165) is 30.2 Å². The summed E-state index contributed by atoms with van der Waals surface area (Å²) in [6, 6.07) is 10.5. The fourth-order valence-corrected chi connectivity index (χ4v) is 3.90. The number of halogens is 1. The van der Waals surface area contributed by atoms with E-state index in [1.54, 1.807) is 40.8 Å². The Labute approximate surface area is 175 Å². The van der Waals surface area contributed by atoms with Gasteiger partial charge in [0.25, 0.3) is 11.6 Å². The molecule has 8 nitrogen and oxygen atoms in total. The summed E-state index contributed by atoms with van der Waals surface area (Å²) in [6.07, 6.45) is 3.28. The van der Waals surface area contributed by atoms with Crippen LogP contribution < -0.4 is 0 Å². The van der Waals surface area contributed by atoms with Crippen LogP contribution in [0.1, 0.15) is 28.8 Å². The Morgan fingerprint density at radius 3 is 2.63 bits per heavy atom. The predicted molar refractivity (Wildman–Crippen MR) is 108 cm³/mol. The van der Waals surface area contributed by atoms with Gasteiger partial charge in [0.1, 0.15) is 12.1 Å². The van der Waals surface area contributed by atoms with Crippen LogP contribution in [0.2, 0.25) is 0 Å². The van der Waals surface area contributed by atoms with Crippen molar-refractivity contribution in [1.82, 2.24) is 19.7 Å². The van der Waals surface area contributed by atoms with Gasteiger partial charge in [0, 0.05) is 31.3 Å². The van der Waals surface area contributed by atoms with Gasteiger partial charge in [-0.3, -0.25) is 14.9 Å². The van der Waals surface area contributed by atoms with Crippen molar-refractivity contribution in [1.29, 1.82) is 0 Å². The standard InChI is InChI=1S/C20H18FN5O3S/c1-24-12-22-23-20(24)30-18-9-4-14(10-17(18)26(28)29)19(27)25(16-7-8-16)11-13-2-5-15(21)6-3-13/h2-6,9-10,12,16H,7-8,11H2,1H3. The normalized spacial score (nSPS) is 13.3. The van der Waals surface area contributed by atoms with E-state index in [9.17, 15) is 19.3 Å². The summed E-state index contributed by atoms with van der Waals surface area (Å²) < 4.78 is 14.8. The third-order valence-electron chi connectivity index (χ3n) is 4.79. The molecule has 1 fully saturated rings. The maximum absolute atomic E-state index is 13.2. The van der Waals surface area contributed by atoms with E-state index in [1.165, 1.54) is 24.5 Å². The third-order valence-corrected chi connectivity index (χ3v) is 5.91. The van der Waals surface area contributed by atoms with E-state index in [4.69, 9.17) is 0 Å². The van der Waals surface area contributed by atoms with Crippen molar-refractivity contribution >= 4 is 23.4 Å². The van der Waals surface area contributed by atoms with Crippen LogP contribution in [0.4, 0.5) is 10.1 Å². The van der Waals surface area contributed by atoms with Gasteiger partial charge in [-0.2, -0.15) is 0 Å². The zero-order chi connectivity index (χ0) is 21.3. The van der Waals surface area contributed by atoms with E-state index >= 15 is 0 Å². The van der Waals surface area contributed by atoms with Gasteiger partial charge >= 0.3 is 0 Å². The number of rotatable bonds is 7. The molecule has 0 aliphatic heterocycles. The number of aromatic nitrogens is 3. The lowest BCUT2D eigenvalue weighted by Crippen LogP contribution is -2.32. The Balaban J connectivity index is 1.60. The van der Waals surface area contributed by atoms with Crippen LogP contribution in [-0.2, 0) is 13.6 Å². The fourth-order valence-electron chi connectivity index (χ4n) is 3.05. The Morgan fingerprint density at radius 1 is 1.30 bits per heavy atom. The van der Waals surface area contributed by atoms with Crippen molar-refractivity contribution in [3.05, 3.63) is 75.9 Å². The molecule has 1 amide bonds. The third kappa shape index (κ3) is 4.33. The first-order valence-electron chi connectivity index (χ1n) is 9.28. The molecular formula is C20H18FN5O3S.